The summed E-state index contributed by atoms with van der Waals surface area (Å²) in [5.41, 5.74) is 2.09. The van der Waals surface area contributed by atoms with E-state index < -0.39 is 0 Å². The Balaban J connectivity index is 1.55. The van der Waals surface area contributed by atoms with Gasteiger partial charge >= 0.3 is 0 Å². The first-order valence-corrected chi connectivity index (χ1v) is 9.88. The minimum absolute atomic E-state index is 0.00349. The van der Waals surface area contributed by atoms with Gasteiger partial charge in [0.15, 0.2) is 0 Å². The Kier molecular flexibility index (Phi) is 7.00. The molecule has 6 heteroatoms. The van der Waals surface area contributed by atoms with Gasteiger partial charge in [-0.05, 0) is 43.1 Å². The lowest BCUT2D eigenvalue weighted by Crippen LogP contribution is -2.42. The molecule has 0 spiro atoms. The van der Waals surface area contributed by atoms with Gasteiger partial charge in [-0.2, -0.15) is 0 Å². The molecular formula is C21H24Cl2N2O2. The number of amides is 1. The van der Waals surface area contributed by atoms with E-state index in [0.717, 1.165) is 49.4 Å². The van der Waals surface area contributed by atoms with Crippen molar-refractivity contribution in [2.75, 3.05) is 20.2 Å². The van der Waals surface area contributed by atoms with Crippen molar-refractivity contribution in [1.82, 2.24) is 10.2 Å². The van der Waals surface area contributed by atoms with Gasteiger partial charge in [0.1, 0.15) is 5.75 Å². The summed E-state index contributed by atoms with van der Waals surface area (Å²) in [6.45, 7) is 2.98. The lowest BCUT2D eigenvalue weighted by Gasteiger charge is -2.32. The van der Waals surface area contributed by atoms with Gasteiger partial charge in [-0.1, -0.05) is 47.5 Å². The lowest BCUT2D eigenvalue weighted by atomic mass is 9.96. The van der Waals surface area contributed by atoms with Gasteiger partial charge in [0, 0.05) is 25.2 Å². The van der Waals surface area contributed by atoms with E-state index >= 15 is 0 Å². The molecule has 0 aliphatic carbocycles. The molecule has 1 unspecified atom stereocenters. The number of carbonyl (C=O) groups excluding carboxylic acids is 1. The molecule has 3 rings (SSSR count). The van der Waals surface area contributed by atoms with Crippen molar-refractivity contribution in [1.29, 1.82) is 0 Å². The predicted octanol–water partition coefficient (Wildman–Crippen LogP) is 4.53. The van der Waals surface area contributed by atoms with Crippen LogP contribution in [0.15, 0.2) is 42.5 Å². The van der Waals surface area contributed by atoms with Crippen molar-refractivity contribution in [3.63, 3.8) is 0 Å². The average molecular weight is 407 g/mol. The number of rotatable bonds is 6. The van der Waals surface area contributed by atoms with Crippen LogP contribution in [0.5, 0.6) is 5.75 Å². The number of nitrogens with zero attached hydrogens (tertiary/aromatic N) is 1. The fourth-order valence-corrected chi connectivity index (χ4v) is 3.81. The highest BCUT2D eigenvalue weighted by Gasteiger charge is 2.25. The predicted molar refractivity (Wildman–Crippen MR) is 109 cm³/mol. The minimum atomic E-state index is -0.00349. The van der Waals surface area contributed by atoms with E-state index in [1.54, 1.807) is 7.11 Å². The highest BCUT2D eigenvalue weighted by molar-refractivity contribution is 6.42. The highest BCUT2D eigenvalue weighted by Crippen LogP contribution is 2.25. The summed E-state index contributed by atoms with van der Waals surface area (Å²) in [5.74, 6) is 0.888. The van der Waals surface area contributed by atoms with Crippen LogP contribution in [0.2, 0.25) is 10.0 Å². The Morgan fingerprint density at radius 1 is 1.22 bits per heavy atom. The number of hydrogen-bond acceptors (Lipinski definition) is 3. The first-order chi connectivity index (χ1) is 13.1. The smallest absolute Gasteiger partial charge is 0.224 e. The fraction of sp³-hybridized carbons (Fsp3) is 0.381. The Morgan fingerprint density at radius 2 is 2.04 bits per heavy atom. The van der Waals surface area contributed by atoms with Gasteiger partial charge in [0.2, 0.25) is 5.91 Å². The maximum atomic E-state index is 12.7. The number of likely N-dealkylation sites (tertiary alicyclic amines) is 1. The molecule has 1 heterocycles. The summed E-state index contributed by atoms with van der Waals surface area (Å²) in [6, 6.07) is 13.4. The zero-order valence-electron chi connectivity index (χ0n) is 15.4. The van der Waals surface area contributed by atoms with E-state index in [2.05, 4.69) is 10.2 Å². The monoisotopic (exact) mass is 406 g/mol. The van der Waals surface area contributed by atoms with Crippen LogP contribution in [0, 0.1) is 5.92 Å². The van der Waals surface area contributed by atoms with Crippen molar-refractivity contribution in [3.8, 4) is 5.75 Å². The van der Waals surface area contributed by atoms with Crippen molar-refractivity contribution in [2.24, 2.45) is 5.92 Å². The number of carbonyl (C=O) groups is 1. The molecule has 2 aromatic rings. The first kappa shape index (κ1) is 20.0. The standard InChI is InChI=1S/C21H24Cl2N2O2/c1-27-20-7-3-2-5-16(20)12-24-21(26)17-6-4-10-25(14-17)13-15-8-9-18(22)19(23)11-15/h2-3,5,7-9,11,17H,4,6,10,12-14H2,1H3,(H,24,26). The number of methoxy groups -OCH3 is 1. The van der Waals surface area contributed by atoms with Gasteiger partial charge in [-0.25, -0.2) is 0 Å². The molecule has 1 aliphatic heterocycles. The van der Waals surface area contributed by atoms with Crippen molar-refractivity contribution >= 4 is 29.1 Å². The maximum Gasteiger partial charge on any atom is 0.224 e. The number of piperidine rings is 1. The molecule has 0 saturated carbocycles. The summed E-state index contributed by atoms with van der Waals surface area (Å²) in [5, 5.41) is 4.19. The van der Waals surface area contributed by atoms with Crippen molar-refractivity contribution in [2.45, 2.75) is 25.9 Å². The first-order valence-electron chi connectivity index (χ1n) is 9.12. The van der Waals surface area contributed by atoms with Crippen molar-refractivity contribution < 1.29 is 9.53 Å². The highest BCUT2D eigenvalue weighted by atomic mass is 35.5. The Morgan fingerprint density at radius 3 is 2.81 bits per heavy atom. The van der Waals surface area contributed by atoms with Crippen LogP contribution >= 0.6 is 23.2 Å². The SMILES string of the molecule is COc1ccccc1CNC(=O)C1CCCN(Cc2ccc(Cl)c(Cl)c2)C1. The lowest BCUT2D eigenvalue weighted by molar-refractivity contribution is -0.126. The molecule has 1 amide bonds. The summed E-state index contributed by atoms with van der Waals surface area (Å²) in [7, 11) is 1.64. The second kappa shape index (κ2) is 9.45. The summed E-state index contributed by atoms with van der Waals surface area (Å²) >= 11 is 12.1. The third-order valence-corrected chi connectivity index (χ3v) is 5.65. The number of benzene rings is 2. The van der Waals surface area contributed by atoms with E-state index in [1.807, 2.05) is 42.5 Å². The number of halogens is 2. The van der Waals surface area contributed by atoms with Gasteiger partial charge < -0.3 is 10.1 Å². The Hall–Kier alpha value is -1.75. The molecule has 4 nitrogen and oxygen atoms in total. The van der Waals surface area contributed by atoms with E-state index in [4.69, 9.17) is 27.9 Å². The van der Waals surface area contributed by atoms with Crippen LogP contribution in [0.1, 0.15) is 24.0 Å². The van der Waals surface area contributed by atoms with Crippen LogP contribution in [0.4, 0.5) is 0 Å². The second-order valence-corrected chi connectivity index (χ2v) is 7.67. The zero-order valence-corrected chi connectivity index (χ0v) is 16.9. The van der Waals surface area contributed by atoms with Crippen LogP contribution in [-0.2, 0) is 17.9 Å². The van der Waals surface area contributed by atoms with Gasteiger partial charge in [0.05, 0.1) is 23.1 Å². The van der Waals surface area contributed by atoms with E-state index in [0.29, 0.717) is 16.6 Å². The van der Waals surface area contributed by atoms with E-state index in [1.165, 1.54) is 0 Å². The molecule has 1 fully saturated rings. The quantitative estimate of drug-likeness (QED) is 0.765. The molecule has 1 aliphatic rings. The van der Waals surface area contributed by atoms with Gasteiger partial charge in [-0.3, -0.25) is 9.69 Å². The number of ether oxygens (including phenoxy) is 1. The molecule has 0 bridgehead atoms. The minimum Gasteiger partial charge on any atom is -0.496 e. The molecule has 27 heavy (non-hydrogen) atoms. The molecule has 0 radical (unpaired) electrons. The molecule has 0 aromatic heterocycles. The normalized spacial score (nSPS) is 17.5. The molecule has 1 saturated heterocycles. The molecular weight excluding hydrogens is 383 g/mol. The average Bonchev–Trinajstić information content (AvgIpc) is 2.69. The summed E-state index contributed by atoms with van der Waals surface area (Å²) in [4.78, 5) is 15.0. The molecule has 1 atom stereocenters. The summed E-state index contributed by atoms with van der Waals surface area (Å²) in [6.07, 6.45) is 1.92. The van der Waals surface area contributed by atoms with E-state index in [9.17, 15) is 4.79 Å². The van der Waals surface area contributed by atoms with Crippen molar-refractivity contribution in [3.05, 3.63) is 63.6 Å². The molecule has 1 N–H and O–H groups in total. The van der Waals surface area contributed by atoms with Gasteiger partial charge in [0.25, 0.3) is 0 Å². The molecule has 2 aromatic carbocycles. The Bertz CT molecular complexity index is 798. The fourth-order valence-electron chi connectivity index (χ4n) is 3.49. The summed E-state index contributed by atoms with van der Waals surface area (Å²) < 4.78 is 5.34. The third-order valence-electron chi connectivity index (χ3n) is 4.91. The van der Waals surface area contributed by atoms with Crippen LogP contribution in [0.25, 0.3) is 0 Å². The van der Waals surface area contributed by atoms with Gasteiger partial charge in [-0.15, -0.1) is 0 Å². The number of nitrogens with one attached hydrogen (secondary N) is 1. The molecule has 144 valence electrons. The van der Waals surface area contributed by atoms with Crippen LogP contribution in [-0.4, -0.2) is 31.0 Å². The maximum absolute atomic E-state index is 12.7. The Labute approximate surface area is 170 Å². The van der Waals surface area contributed by atoms with Crippen LogP contribution < -0.4 is 10.1 Å². The topological polar surface area (TPSA) is 41.6 Å². The van der Waals surface area contributed by atoms with E-state index in [-0.39, 0.29) is 11.8 Å². The second-order valence-electron chi connectivity index (χ2n) is 6.85. The van der Waals surface area contributed by atoms with Crippen LogP contribution in [0.3, 0.4) is 0 Å². The third kappa shape index (κ3) is 5.38. The number of para-hydroxylation sites is 1. The number of hydrogen-bond donors (Lipinski definition) is 1. The largest absolute Gasteiger partial charge is 0.496 e. The zero-order chi connectivity index (χ0) is 19.2.